The Bertz CT molecular complexity index is 506. The summed E-state index contributed by atoms with van der Waals surface area (Å²) in [6.45, 7) is 8.20. The Labute approximate surface area is 202 Å². The third-order valence-corrected chi connectivity index (χ3v) is 5.43. The zero-order valence-electron chi connectivity index (χ0n) is 18.9. The molecule has 3 atom stereocenters. The molecule has 3 unspecified atom stereocenters. The average Bonchev–Trinajstić information content (AvgIpc) is 2.67. The Balaban J connectivity index is 0. The monoisotopic (exact) mass is 437 g/mol. The number of amides is 1. The van der Waals surface area contributed by atoms with E-state index in [1.165, 1.54) is 0 Å². The molecule has 0 fully saturated rings. The maximum Gasteiger partial charge on any atom is 1.00 e. The molecule has 3 N–H and O–H groups in total. The van der Waals surface area contributed by atoms with Crippen molar-refractivity contribution in [1.29, 1.82) is 0 Å². The van der Waals surface area contributed by atoms with Gasteiger partial charge >= 0.3 is 35.5 Å². The number of unbranched alkanes of at least 4 members (excludes halogenated alkanes) is 2. The second-order valence-corrected chi connectivity index (χ2v) is 7.63. The minimum Gasteiger partial charge on any atom is -0.550 e. The molecule has 0 aromatic rings. The number of aliphatic hydroxyl groups excluding tert-OH is 1. The SMILES string of the molecule is C=CCCCCC(=O)NCC[N+](CCO)(CC(CC)C(=O)[O-])CC(CC)C(=O)O.[Na+]. The van der Waals surface area contributed by atoms with E-state index in [4.69, 9.17) is 0 Å². The van der Waals surface area contributed by atoms with Crippen LogP contribution in [0.25, 0.3) is 0 Å². The van der Waals surface area contributed by atoms with Crippen LogP contribution in [0.5, 0.6) is 0 Å². The van der Waals surface area contributed by atoms with Crippen molar-refractivity contribution in [1.82, 2.24) is 5.32 Å². The predicted molar refractivity (Wildman–Crippen MR) is 109 cm³/mol. The van der Waals surface area contributed by atoms with Crippen LogP contribution in [0.3, 0.4) is 0 Å². The minimum atomic E-state index is -1.18. The standard InChI is InChI=1S/C21H38N2O6.Na/c1-4-7-8-9-10-19(25)22-11-12-23(13-14-24,15-17(5-2)20(26)27)16-18(6-3)21(28)29;/h4,17-18,24H,1,5-16H2,2-3H3,(H2-,22,25,26,27,28,29);/q;+1. The van der Waals surface area contributed by atoms with Gasteiger partial charge in [-0.15, -0.1) is 6.58 Å². The van der Waals surface area contributed by atoms with Crippen molar-refractivity contribution in [3.63, 3.8) is 0 Å². The van der Waals surface area contributed by atoms with E-state index in [0.717, 1.165) is 19.3 Å². The third kappa shape index (κ3) is 12.7. The molecule has 0 heterocycles. The van der Waals surface area contributed by atoms with Gasteiger partial charge in [0.1, 0.15) is 12.5 Å². The zero-order valence-corrected chi connectivity index (χ0v) is 20.9. The van der Waals surface area contributed by atoms with Crippen LogP contribution >= 0.6 is 0 Å². The number of allylic oxidation sites excluding steroid dienone is 1. The first-order valence-electron chi connectivity index (χ1n) is 10.5. The molecule has 0 aliphatic carbocycles. The molecule has 0 bridgehead atoms. The van der Waals surface area contributed by atoms with Crippen molar-refractivity contribution in [2.75, 3.05) is 39.3 Å². The Morgan fingerprint density at radius 1 is 1.10 bits per heavy atom. The number of quaternary nitrogens is 1. The van der Waals surface area contributed by atoms with Crippen LogP contribution in [0.4, 0.5) is 0 Å². The molecule has 0 saturated heterocycles. The van der Waals surface area contributed by atoms with Crippen molar-refractivity contribution in [2.45, 2.75) is 52.4 Å². The summed E-state index contributed by atoms with van der Waals surface area (Å²) in [7, 11) is 0. The van der Waals surface area contributed by atoms with Crippen LogP contribution in [0.2, 0.25) is 0 Å². The van der Waals surface area contributed by atoms with Crippen LogP contribution < -0.4 is 40.0 Å². The molecule has 0 saturated carbocycles. The maximum absolute atomic E-state index is 12.0. The molecular weight excluding hydrogens is 399 g/mol. The summed E-state index contributed by atoms with van der Waals surface area (Å²) < 4.78 is 0.116. The summed E-state index contributed by atoms with van der Waals surface area (Å²) in [6, 6.07) is 0. The third-order valence-electron chi connectivity index (χ3n) is 5.43. The fourth-order valence-corrected chi connectivity index (χ4v) is 3.55. The number of carboxylic acid groups (broad SMARTS) is 2. The largest absolute Gasteiger partial charge is 1.00 e. The number of carboxylic acids is 2. The predicted octanol–water partition coefficient (Wildman–Crippen LogP) is -2.45. The van der Waals surface area contributed by atoms with Crippen LogP contribution in [-0.2, 0) is 14.4 Å². The second kappa shape index (κ2) is 17.7. The van der Waals surface area contributed by atoms with Crippen molar-refractivity contribution in [3.05, 3.63) is 12.7 Å². The van der Waals surface area contributed by atoms with E-state index in [2.05, 4.69) is 11.9 Å². The Kier molecular flexibility index (Phi) is 18.5. The van der Waals surface area contributed by atoms with E-state index in [1.54, 1.807) is 13.8 Å². The van der Waals surface area contributed by atoms with Crippen molar-refractivity contribution >= 4 is 17.8 Å². The van der Waals surface area contributed by atoms with Crippen molar-refractivity contribution < 1.29 is 63.7 Å². The first-order valence-corrected chi connectivity index (χ1v) is 10.5. The molecule has 9 heteroatoms. The molecule has 0 aliphatic heterocycles. The molecular formula is C21H38N2NaO6+. The number of hydrogen-bond acceptors (Lipinski definition) is 5. The average molecular weight is 438 g/mol. The van der Waals surface area contributed by atoms with Crippen LogP contribution in [0.15, 0.2) is 12.7 Å². The number of nitrogens with one attached hydrogen (secondary N) is 1. The maximum atomic E-state index is 12.0. The van der Waals surface area contributed by atoms with Gasteiger partial charge in [-0.1, -0.05) is 19.9 Å². The van der Waals surface area contributed by atoms with Crippen molar-refractivity contribution in [3.8, 4) is 0 Å². The number of nitrogens with zero attached hydrogens (tertiary/aromatic N) is 1. The van der Waals surface area contributed by atoms with E-state index in [0.29, 0.717) is 32.4 Å². The smallest absolute Gasteiger partial charge is 0.550 e. The van der Waals surface area contributed by atoms with Gasteiger partial charge in [-0.3, -0.25) is 9.59 Å². The van der Waals surface area contributed by atoms with Gasteiger partial charge in [0.05, 0.1) is 38.8 Å². The fraction of sp³-hybridized carbons (Fsp3) is 0.762. The number of aliphatic hydroxyl groups is 1. The molecule has 0 aliphatic rings. The molecule has 1 amide bonds. The Morgan fingerprint density at radius 2 is 1.70 bits per heavy atom. The number of carbonyl (C=O) groups excluding carboxylic acids is 2. The molecule has 168 valence electrons. The zero-order chi connectivity index (χ0) is 22.3. The van der Waals surface area contributed by atoms with E-state index >= 15 is 0 Å². The molecule has 0 spiro atoms. The van der Waals surface area contributed by atoms with E-state index in [-0.39, 0.29) is 66.2 Å². The number of hydrogen-bond donors (Lipinski definition) is 3. The first kappa shape index (κ1) is 31.3. The van der Waals surface area contributed by atoms with Gasteiger partial charge in [-0.2, -0.15) is 0 Å². The minimum absolute atomic E-state index is 0. The van der Waals surface area contributed by atoms with Gasteiger partial charge in [0.2, 0.25) is 5.91 Å². The Morgan fingerprint density at radius 3 is 2.17 bits per heavy atom. The van der Waals surface area contributed by atoms with Gasteiger partial charge in [0.15, 0.2) is 0 Å². The quantitative estimate of drug-likeness (QED) is 0.0946. The van der Waals surface area contributed by atoms with Crippen LogP contribution in [0.1, 0.15) is 52.4 Å². The summed E-state index contributed by atoms with van der Waals surface area (Å²) >= 11 is 0. The van der Waals surface area contributed by atoms with Gasteiger partial charge < -0.3 is 29.9 Å². The summed E-state index contributed by atoms with van der Waals surface area (Å²) in [5.41, 5.74) is 0. The molecule has 0 aromatic carbocycles. The number of carbonyl (C=O) groups is 3. The molecule has 30 heavy (non-hydrogen) atoms. The number of rotatable bonds is 18. The molecule has 0 aromatic heterocycles. The molecule has 0 radical (unpaired) electrons. The van der Waals surface area contributed by atoms with Gasteiger partial charge in [-0.05, 0) is 32.1 Å². The summed E-state index contributed by atoms with van der Waals surface area (Å²) in [4.78, 5) is 35.1. The molecule has 8 nitrogen and oxygen atoms in total. The van der Waals surface area contributed by atoms with E-state index in [1.807, 2.05) is 6.08 Å². The van der Waals surface area contributed by atoms with E-state index in [9.17, 15) is 29.7 Å². The fourth-order valence-electron chi connectivity index (χ4n) is 3.55. The summed E-state index contributed by atoms with van der Waals surface area (Å²) in [5, 5.41) is 33.4. The van der Waals surface area contributed by atoms with Gasteiger partial charge in [0, 0.05) is 12.3 Å². The van der Waals surface area contributed by atoms with E-state index < -0.39 is 23.8 Å². The van der Waals surface area contributed by atoms with Crippen LogP contribution in [0, 0.1) is 11.8 Å². The second-order valence-electron chi connectivity index (χ2n) is 7.63. The Hall–Kier alpha value is -0.930. The van der Waals surface area contributed by atoms with Crippen LogP contribution in [-0.4, -0.2) is 71.9 Å². The van der Waals surface area contributed by atoms with Gasteiger partial charge in [-0.25, -0.2) is 0 Å². The summed E-state index contributed by atoms with van der Waals surface area (Å²) in [6.07, 6.45) is 5.48. The van der Waals surface area contributed by atoms with Crippen molar-refractivity contribution in [2.24, 2.45) is 11.8 Å². The number of aliphatic carboxylic acids is 2. The topological polar surface area (TPSA) is 127 Å². The first-order chi connectivity index (χ1) is 13.7. The van der Waals surface area contributed by atoms with Gasteiger partial charge in [0.25, 0.3) is 0 Å². The molecule has 0 rings (SSSR count). The summed E-state index contributed by atoms with van der Waals surface area (Å²) in [5.74, 6) is -3.62. The normalized spacial score (nSPS) is 14.6.